The topological polar surface area (TPSA) is 52.6 Å². The van der Waals surface area contributed by atoms with Crippen molar-refractivity contribution >= 4 is 11.9 Å². The number of esters is 2. The minimum Gasteiger partial charge on any atom is -0.459 e. The van der Waals surface area contributed by atoms with Gasteiger partial charge in [0.1, 0.15) is 5.60 Å². The van der Waals surface area contributed by atoms with Gasteiger partial charge in [-0.3, -0.25) is 9.59 Å². The number of rotatable bonds is 5. The largest absolute Gasteiger partial charge is 0.459 e. The van der Waals surface area contributed by atoms with E-state index in [1.54, 1.807) is 13.8 Å². The molecule has 4 bridgehead atoms. The van der Waals surface area contributed by atoms with E-state index in [0.717, 1.165) is 0 Å². The lowest BCUT2D eigenvalue weighted by Crippen LogP contribution is -2.61. The van der Waals surface area contributed by atoms with E-state index in [0.29, 0.717) is 25.7 Å². The second kappa shape index (κ2) is 8.70. The Kier molecular flexibility index (Phi) is 7.77. The van der Waals surface area contributed by atoms with Gasteiger partial charge in [-0.2, -0.15) is 26.3 Å². The molecule has 0 saturated heterocycles. The summed E-state index contributed by atoms with van der Waals surface area (Å²) in [5, 5.41) is 0. The van der Waals surface area contributed by atoms with Crippen LogP contribution in [0.2, 0.25) is 0 Å². The smallest absolute Gasteiger partial charge is 0.434 e. The average Bonchev–Trinajstić information content (AvgIpc) is 2.55. The van der Waals surface area contributed by atoms with Crippen molar-refractivity contribution in [2.45, 2.75) is 105 Å². The highest BCUT2D eigenvalue weighted by molar-refractivity contribution is 5.79. The summed E-state index contributed by atoms with van der Waals surface area (Å²) in [4.78, 5) is 25.4. The number of hydrogen-bond donors (Lipinski definition) is 0. The molecule has 0 aliphatic heterocycles. The maximum absolute atomic E-state index is 12.9. The highest BCUT2D eigenvalue weighted by Gasteiger charge is 2.66. The van der Waals surface area contributed by atoms with Crippen LogP contribution in [0.1, 0.15) is 80.6 Å². The quantitative estimate of drug-likeness (QED) is 0.331. The van der Waals surface area contributed by atoms with Crippen molar-refractivity contribution in [1.29, 1.82) is 0 Å². The first-order valence-corrected chi connectivity index (χ1v) is 10.1. The molecule has 0 aromatic carbocycles. The molecule has 32 heavy (non-hydrogen) atoms. The standard InChI is InChI=1S/C20H26F6O4.2CH4/c1-4-16(2,3)14(27)30-18-8-11-5-12(9-18)7-17(6-11,10-18)15(28)29-13(19(21,22)23)20(24,25)26;;/h11-13H,4-10H2,1-3H3;2*1H4. The lowest BCUT2D eigenvalue weighted by Gasteiger charge is -2.60. The van der Waals surface area contributed by atoms with Gasteiger partial charge in [0.2, 0.25) is 0 Å². The molecule has 4 aliphatic rings. The molecule has 0 heterocycles. The van der Waals surface area contributed by atoms with Gasteiger partial charge < -0.3 is 9.47 Å². The number of halogens is 6. The Morgan fingerprint density at radius 3 is 1.81 bits per heavy atom. The van der Waals surface area contributed by atoms with Crippen molar-refractivity contribution in [3.05, 3.63) is 0 Å². The van der Waals surface area contributed by atoms with E-state index in [9.17, 15) is 35.9 Å². The van der Waals surface area contributed by atoms with Gasteiger partial charge in [-0.05, 0) is 64.2 Å². The summed E-state index contributed by atoms with van der Waals surface area (Å²) in [6, 6.07) is 0. The third-order valence-electron chi connectivity index (χ3n) is 7.01. The van der Waals surface area contributed by atoms with Crippen LogP contribution in [0.5, 0.6) is 0 Å². The molecular formula is C22H34F6O4. The first-order valence-electron chi connectivity index (χ1n) is 10.1. The predicted molar refractivity (Wildman–Crippen MR) is 105 cm³/mol. The van der Waals surface area contributed by atoms with Crippen molar-refractivity contribution in [3.8, 4) is 0 Å². The summed E-state index contributed by atoms with van der Waals surface area (Å²) in [6.45, 7) is 5.22. The Hall–Kier alpha value is -1.48. The van der Waals surface area contributed by atoms with E-state index < -0.39 is 46.8 Å². The van der Waals surface area contributed by atoms with Crippen LogP contribution in [0.4, 0.5) is 26.3 Å². The van der Waals surface area contributed by atoms with Crippen LogP contribution < -0.4 is 0 Å². The van der Waals surface area contributed by atoms with Gasteiger partial charge in [-0.1, -0.05) is 21.8 Å². The molecule has 4 aliphatic carbocycles. The second-order valence-electron chi connectivity index (χ2n) is 9.92. The molecule has 10 heteroatoms. The predicted octanol–water partition coefficient (Wildman–Crippen LogP) is 6.61. The van der Waals surface area contributed by atoms with Crippen LogP contribution in [-0.2, 0) is 19.1 Å². The Balaban J connectivity index is 0.00000256. The molecule has 0 aromatic heterocycles. The van der Waals surface area contributed by atoms with E-state index in [1.807, 2.05) is 6.92 Å². The molecule has 2 atom stereocenters. The van der Waals surface area contributed by atoms with Crippen LogP contribution in [0, 0.1) is 22.7 Å². The van der Waals surface area contributed by atoms with Crippen LogP contribution in [0.3, 0.4) is 0 Å². The molecule has 4 nitrogen and oxygen atoms in total. The lowest BCUT2D eigenvalue weighted by atomic mass is 9.48. The van der Waals surface area contributed by atoms with Gasteiger partial charge in [-0.25, -0.2) is 0 Å². The molecule has 0 aromatic rings. The van der Waals surface area contributed by atoms with Crippen LogP contribution in [0.15, 0.2) is 0 Å². The summed E-state index contributed by atoms with van der Waals surface area (Å²) < 4.78 is 87.3. The Labute approximate surface area is 185 Å². The normalized spacial score (nSPS) is 31.6. The minimum absolute atomic E-state index is 0. The molecular weight excluding hydrogens is 442 g/mol. The lowest BCUT2D eigenvalue weighted by molar-refractivity contribution is -0.318. The van der Waals surface area contributed by atoms with Gasteiger partial charge in [0.15, 0.2) is 0 Å². The van der Waals surface area contributed by atoms with E-state index in [-0.39, 0.29) is 46.0 Å². The van der Waals surface area contributed by atoms with Gasteiger partial charge in [0.05, 0.1) is 10.8 Å². The SMILES string of the molecule is C.C.CCC(C)(C)C(=O)OC12CC3CC(C1)CC(C(=O)OC(C(F)(F)F)C(F)(F)F)(C3)C2. The highest BCUT2D eigenvalue weighted by atomic mass is 19.4. The van der Waals surface area contributed by atoms with Crippen LogP contribution >= 0.6 is 0 Å². The van der Waals surface area contributed by atoms with Crippen molar-refractivity contribution in [2.75, 3.05) is 0 Å². The molecule has 4 fully saturated rings. The number of carbonyl (C=O) groups is 2. The number of hydrogen-bond acceptors (Lipinski definition) is 4. The summed E-state index contributed by atoms with van der Waals surface area (Å²) in [5.41, 5.74) is -3.32. The van der Waals surface area contributed by atoms with Crippen molar-refractivity contribution < 1.29 is 45.4 Å². The van der Waals surface area contributed by atoms with Gasteiger partial charge in [0, 0.05) is 6.42 Å². The first-order chi connectivity index (χ1) is 13.5. The van der Waals surface area contributed by atoms with Crippen molar-refractivity contribution in [2.24, 2.45) is 22.7 Å². The summed E-state index contributed by atoms with van der Waals surface area (Å²) in [7, 11) is 0. The zero-order valence-corrected chi connectivity index (χ0v) is 17.1. The Bertz CT molecular complexity index is 684. The zero-order chi connectivity index (χ0) is 22.8. The minimum atomic E-state index is -5.76. The Morgan fingerprint density at radius 1 is 0.938 bits per heavy atom. The van der Waals surface area contributed by atoms with E-state index >= 15 is 0 Å². The zero-order valence-electron chi connectivity index (χ0n) is 17.1. The number of alkyl halides is 6. The fourth-order valence-corrected chi connectivity index (χ4v) is 5.57. The molecule has 188 valence electrons. The molecule has 2 unspecified atom stereocenters. The maximum Gasteiger partial charge on any atom is 0.434 e. The number of carbonyl (C=O) groups excluding carboxylic acids is 2. The summed E-state index contributed by atoms with van der Waals surface area (Å²) in [5.74, 6) is -2.18. The van der Waals surface area contributed by atoms with Gasteiger partial charge in [-0.15, -0.1) is 0 Å². The summed E-state index contributed by atoms with van der Waals surface area (Å²) >= 11 is 0. The van der Waals surface area contributed by atoms with Crippen LogP contribution in [-0.4, -0.2) is 36.0 Å². The monoisotopic (exact) mass is 476 g/mol. The third-order valence-corrected chi connectivity index (χ3v) is 7.01. The molecule has 0 amide bonds. The molecule has 0 N–H and O–H groups in total. The van der Waals surface area contributed by atoms with Crippen LogP contribution in [0.25, 0.3) is 0 Å². The molecule has 4 saturated carbocycles. The van der Waals surface area contributed by atoms with E-state index in [2.05, 4.69) is 4.74 Å². The van der Waals surface area contributed by atoms with Gasteiger partial charge in [0.25, 0.3) is 6.10 Å². The molecule has 0 spiro atoms. The second-order valence-corrected chi connectivity index (χ2v) is 9.92. The number of ether oxygens (including phenoxy) is 2. The molecule has 0 radical (unpaired) electrons. The third kappa shape index (κ3) is 5.19. The Morgan fingerprint density at radius 2 is 1.41 bits per heavy atom. The summed E-state index contributed by atoms with van der Waals surface area (Å²) in [6.07, 6.45) is -13.3. The average molecular weight is 476 g/mol. The van der Waals surface area contributed by atoms with Gasteiger partial charge >= 0.3 is 24.3 Å². The molecule has 4 rings (SSSR count). The first kappa shape index (κ1) is 28.6. The van der Waals surface area contributed by atoms with Crippen molar-refractivity contribution in [3.63, 3.8) is 0 Å². The van der Waals surface area contributed by atoms with E-state index in [4.69, 9.17) is 4.74 Å². The fourth-order valence-electron chi connectivity index (χ4n) is 5.57. The van der Waals surface area contributed by atoms with E-state index in [1.165, 1.54) is 0 Å². The maximum atomic E-state index is 12.9. The van der Waals surface area contributed by atoms with Crippen molar-refractivity contribution in [1.82, 2.24) is 0 Å². The highest BCUT2D eigenvalue weighted by Crippen LogP contribution is 2.63. The fraction of sp³-hybridized carbons (Fsp3) is 0.909.